The molecule has 0 aliphatic carbocycles. The summed E-state index contributed by atoms with van der Waals surface area (Å²) < 4.78 is 0. The van der Waals surface area contributed by atoms with Gasteiger partial charge in [-0.05, 0) is 30.5 Å². The highest BCUT2D eigenvalue weighted by Gasteiger charge is 2.40. The van der Waals surface area contributed by atoms with Crippen molar-refractivity contribution in [1.82, 2.24) is 15.1 Å². The Morgan fingerprint density at radius 1 is 0.933 bits per heavy atom. The fourth-order valence-electron chi connectivity index (χ4n) is 3.29. The van der Waals surface area contributed by atoms with E-state index < -0.39 is 23.8 Å². The quantitative estimate of drug-likeness (QED) is 0.631. The van der Waals surface area contributed by atoms with E-state index in [0.29, 0.717) is 27.2 Å². The Labute approximate surface area is 177 Å². The lowest BCUT2D eigenvalue weighted by Gasteiger charge is -2.20. The molecular weight excluding hydrogens is 400 g/mol. The van der Waals surface area contributed by atoms with Gasteiger partial charge in [-0.15, -0.1) is 10.2 Å². The molecule has 0 bridgehead atoms. The molecule has 1 N–H and O–H groups in total. The van der Waals surface area contributed by atoms with Crippen LogP contribution in [0.5, 0.6) is 0 Å². The molecule has 3 aromatic rings. The molecule has 7 nitrogen and oxygen atoms in total. The molecule has 0 spiro atoms. The molecule has 0 radical (unpaired) electrons. The Morgan fingerprint density at radius 3 is 2.10 bits per heavy atom. The number of carbonyl (C=O) groups excluding carboxylic acids is 3. The largest absolute Gasteiger partial charge is 0.299 e. The van der Waals surface area contributed by atoms with Crippen molar-refractivity contribution in [2.45, 2.75) is 32.7 Å². The smallest absolute Gasteiger partial charge is 0.262 e. The van der Waals surface area contributed by atoms with E-state index in [2.05, 4.69) is 29.4 Å². The zero-order chi connectivity index (χ0) is 21.4. The topological polar surface area (TPSA) is 92.3 Å². The number of hydrogen-bond acceptors (Lipinski definition) is 6. The molecule has 1 aromatic heterocycles. The first-order valence-corrected chi connectivity index (χ1v) is 10.4. The molecule has 3 amide bonds. The maximum atomic E-state index is 12.7. The average molecular weight is 420 g/mol. The molecule has 0 saturated carbocycles. The average Bonchev–Trinajstić information content (AvgIpc) is 3.31. The first kappa shape index (κ1) is 19.9. The molecule has 152 valence electrons. The van der Waals surface area contributed by atoms with E-state index in [1.54, 1.807) is 24.3 Å². The first-order valence-electron chi connectivity index (χ1n) is 9.58. The van der Waals surface area contributed by atoms with Gasteiger partial charge in [0.1, 0.15) is 11.0 Å². The molecule has 1 aliphatic rings. The van der Waals surface area contributed by atoms with E-state index in [-0.39, 0.29) is 0 Å². The monoisotopic (exact) mass is 420 g/mol. The number of nitrogens with zero attached hydrogens (tertiary/aromatic N) is 3. The lowest BCUT2D eigenvalue weighted by molar-refractivity contribution is -0.119. The highest BCUT2D eigenvalue weighted by molar-refractivity contribution is 7.18. The molecule has 30 heavy (non-hydrogen) atoms. The summed E-state index contributed by atoms with van der Waals surface area (Å²) in [5, 5.41) is 11.8. The molecule has 4 rings (SSSR count). The van der Waals surface area contributed by atoms with Gasteiger partial charge in [-0.25, -0.2) is 0 Å². The van der Waals surface area contributed by atoms with Crippen molar-refractivity contribution in [2.75, 3.05) is 5.32 Å². The molecule has 1 aliphatic heterocycles. The van der Waals surface area contributed by atoms with Crippen LogP contribution in [0.1, 0.15) is 53.0 Å². The second-order valence-electron chi connectivity index (χ2n) is 7.38. The van der Waals surface area contributed by atoms with Crippen LogP contribution in [0.2, 0.25) is 0 Å². The van der Waals surface area contributed by atoms with Gasteiger partial charge < -0.3 is 0 Å². The van der Waals surface area contributed by atoms with Crippen molar-refractivity contribution in [2.24, 2.45) is 0 Å². The number of hydrogen-bond donors (Lipinski definition) is 1. The van der Waals surface area contributed by atoms with Crippen LogP contribution in [-0.2, 0) is 4.79 Å². The Morgan fingerprint density at radius 2 is 1.53 bits per heavy atom. The number of imide groups is 1. The number of anilines is 1. The van der Waals surface area contributed by atoms with Gasteiger partial charge in [0.15, 0.2) is 0 Å². The van der Waals surface area contributed by atoms with E-state index in [1.807, 2.05) is 24.3 Å². The van der Waals surface area contributed by atoms with Crippen LogP contribution in [0.4, 0.5) is 5.13 Å². The van der Waals surface area contributed by atoms with Crippen LogP contribution in [0.25, 0.3) is 10.6 Å². The van der Waals surface area contributed by atoms with Gasteiger partial charge >= 0.3 is 0 Å². The first-order chi connectivity index (χ1) is 14.4. The highest BCUT2D eigenvalue weighted by atomic mass is 32.1. The number of benzene rings is 2. The van der Waals surface area contributed by atoms with Gasteiger partial charge in [0.25, 0.3) is 11.8 Å². The summed E-state index contributed by atoms with van der Waals surface area (Å²) in [5.41, 5.74) is 2.76. The zero-order valence-electron chi connectivity index (χ0n) is 16.7. The predicted octanol–water partition coefficient (Wildman–Crippen LogP) is 3.95. The number of carbonyl (C=O) groups is 3. The van der Waals surface area contributed by atoms with Crippen molar-refractivity contribution < 1.29 is 14.4 Å². The van der Waals surface area contributed by atoms with Crippen LogP contribution < -0.4 is 5.32 Å². The predicted molar refractivity (Wildman–Crippen MR) is 114 cm³/mol. The van der Waals surface area contributed by atoms with Gasteiger partial charge in [-0.3, -0.25) is 24.6 Å². The lowest BCUT2D eigenvalue weighted by atomic mass is 10.0. The Bertz CT molecular complexity index is 1100. The summed E-state index contributed by atoms with van der Waals surface area (Å²) in [4.78, 5) is 38.8. The molecule has 1 atom stereocenters. The third-order valence-corrected chi connectivity index (χ3v) is 5.96. The van der Waals surface area contributed by atoms with Crippen molar-refractivity contribution in [1.29, 1.82) is 0 Å². The van der Waals surface area contributed by atoms with Gasteiger partial charge in [0.2, 0.25) is 11.0 Å². The van der Waals surface area contributed by atoms with Crippen LogP contribution in [0, 0.1) is 0 Å². The van der Waals surface area contributed by atoms with Crippen LogP contribution in [-0.4, -0.2) is 38.9 Å². The minimum atomic E-state index is -0.977. The van der Waals surface area contributed by atoms with Crippen molar-refractivity contribution in [3.63, 3.8) is 0 Å². The van der Waals surface area contributed by atoms with Crippen molar-refractivity contribution in [3.8, 4) is 10.6 Å². The van der Waals surface area contributed by atoms with E-state index in [0.717, 1.165) is 10.5 Å². The molecule has 1 unspecified atom stereocenters. The third kappa shape index (κ3) is 3.50. The fourth-order valence-corrected chi connectivity index (χ4v) is 4.04. The van der Waals surface area contributed by atoms with E-state index in [4.69, 9.17) is 0 Å². The number of fused-ring (bicyclic) bond motifs is 1. The third-order valence-electron chi connectivity index (χ3n) is 5.07. The second kappa shape index (κ2) is 7.79. The van der Waals surface area contributed by atoms with Gasteiger partial charge in [0, 0.05) is 5.56 Å². The number of rotatable bonds is 5. The minimum Gasteiger partial charge on any atom is -0.299 e. The van der Waals surface area contributed by atoms with Gasteiger partial charge in [0.05, 0.1) is 11.1 Å². The Hall–Kier alpha value is -3.39. The molecule has 2 aromatic carbocycles. The zero-order valence-corrected chi connectivity index (χ0v) is 17.6. The summed E-state index contributed by atoms with van der Waals surface area (Å²) >= 11 is 1.23. The highest BCUT2D eigenvalue weighted by Crippen LogP contribution is 2.29. The van der Waals surface area contributed by atoms with E-state index >= 15 is 0 Å². The van der Waals surface area contributed by atoms with Crippen molar-refractivity contribution in [3.05, 3.63) is 65.2 Å². The summed E-state index contributed by atoms with van der Waals surface area (Å²) in [5.74, 6) is -1.00. The standard InChI is InChI=1S/C22H20N4O3S/c1-12(2)14-8-10-15(11-9-14)19-24-25-22(30-19)23-18(27)13(3)26-20(28)16-6-4-5-7-17(16)21(26)29/h4-13H,1-3H3,(H,23,25,27). The molecule has 8 heteroatoms. The number of amides is 3. The van der Waals surface area contributed by atoms with Crippen LogP contribution >= 0.6 is 11.3 Å². The van der Waals surface area contributed by atoms with Gasteiger partial charge in [-0.2, -0.15) is 0 Å². The molecular formula is C22H20N4O3S. The Kier molecular flexibility index (Phi) is 5.17. The van der Waals surface area contributed by atoms with Crippen molar-refractivity contribution >= 4 is 34.2 Å². The number of aromatic nitrogens is 2. The van der Waals surface area contributed by atoms with E-state index in [9.17, 15) is 14.4 Å². The molecule has 2 heterocycles. The maximum Gasteiger partial charge on any atom is 0.262 e. The van der Waals surface area contributed by atoms with Crippen LogP contribution in [0.3, 0.4) is 0 Å². The summed E-state index contributed by atoms with van der Waals surface area (Å²) in [6, 6.07) is 13.6. The number of nitrogens with one attached hydrogen (secondary N) is 1. The van der Waals surface area contributed by atoms with Crippen LogP contribution in [0.15, 0.2) is 48.5 Å². The fraction of sp³-hybridized carbons (Fsp3) is 0.227. The van der Waals surface area contributed by atoms with E-state index in [1.165, 1.54) is 23.8 Å². The maximum absolute atomic E-state index is 12.7. The normalized spacial score (nSPS) is 14.2. The lowest BCUT2D eigenvalue weighted by Crippen LogP contribution is -2.45. The summed E-state index contributed by atoms with van der Waals surface area (Å²) in [6.45, 7) is 5.77. The second-order valence-corrected chi connectivity index (χ2v) is 8.36. The summed E-state index contributed by atoms with van der Waals surface area (Å²) in [7, 11) is 0. The molecule has 0 saturated heterocycles. The summed E-state index contributed by atoms with van der Waals surface area (Å²) in [6.07, 6.45) is 0. The molecule has 0 fully saturated rings. The SMILES string of the molecule is CC(C)c1ccc(-c2nnc(NC(=O)C(C)N3C(=O)c4ccccc4C3=O)s2)cc1. The Balaban J connectivity index is 1.47. The minimum absolute atomic E-state index is 0.310. The van der Waals surface area contributed by atoms with Gasteiger partial charge in [-0.1, -0.05) is 61.6 Å².